The summed E-state index contributed by atoms with van der Waals surface area (Å²) in [5.74, 6) is 0.631. The van der Waals surface area contributed by atoms with Gasteiger partial charge in [-0.3, -0.25) is 9.59 Å². The summed E-state index contributed by atoms with van der Waals surface area (Å²) in [6, 6.07) is 9.13. The summed E-state index contributed by atoms with van der Waals surface area (Å²) in [6.45, 7) is 3.50. The molecule has 1 aromatic rings. The van der Waals surface area contributed by atoms with Crippen LogP contribution in [0.25, 0.3) is 0 Å². The molecule has 4 heteroatoms. The molecule has 140 valence electrons. The van der Waals surface area contributed by atoms with Crippen molar-refractivity contribution in [2.24, 2.45) is 5.92 Å². The van der Waals surface area contributed by atoms with Gasteiger partial charge in [0.15, 0.2) is 0 Å². The Morgan fingerprint density at radius 1 is 1.15 bits per heavy atom. The van der Waals surface area contributed by atoms with Crippen molar-refractivity contribution in [3.05, 3.63) is 48.0 Å². The van der Waals surface area contributed by atoms with Gasteiger partial charge in [0.25, 0.3) is 0 Å². The predicted octanol–water partition coefficient (Wildman–Crippen LogP) is 3.25. The van der Waals surface area contributed by atoms with Gasteiger partial charge < -0.3 is 10.2 Å². The number of aryl methyl sites for hydroxylation is 1. The second-order valence-electron chi connectivity index (χ2n) is 7.80. The zero-order chi connectivity index (χ0) is 18.5. The van der Waals surface area contributed by atoms with E-state index in [1.165, 1.54) is 17.2 Å². The van der Waals surface area contributed by atoms with Crippen molar-refractivity contribution in [2.75, 3.05) is 7.05 Å². The number of nitrogens with one attached hydrogen (secondary N) is 1. The highest BCUT2D eigenvalue weighted by Crippen LogP contribution is 2.29. The zero-order valence-electron chi connectivity index (χ0n) is 15.7. The van der Waals surface area contributed by atoms with Crippen molar-refractivity contribution in [2.45, 2.75) is 63.5 Å². The first-order valence-corrected chi connectivity index (χ1v) is 9.82. The maximum Gasteiger partial charge on any atom is 0.243 e. The van der Waals surface area contributed by atoms with E-state index in [1.807, 2.05) is 11.9 Å². The number of amides is 2. The van der Waals surface area contributed by atoms with Crippen molar-refractivity contribution in [1.29, 1.82) is 0 Å². The van der Waals surface area contributed by atoms with Crippen LogP contribution in [0.3, 0.4) is 0 Å². The van der Waals surface area contributed by atoms with Crippen molar-refractivity contribution in [3.8, 4) is 0 Å². The normalized spacial score (nSPS) is 25.0. The first-order valence-electron chi connectivity index (χ1n) is 9.82. The highest BCUT2D eigenvalue weighted by atomic mass is 16.2. The lowest BCUT2D eigenvalue weighted by molar-refractivity contribution is -0.134. The maximum absolute atomic E-state index is 12.8. The Balaban J connectivity index is 1.47. The molecule has 1 aromatic carbocycles. The van der Waals surface area contributed by atoms with E-state index in [9.17, 15) is 9.59 Å². The fourth-order valence-corrected chi connectivity index (χ4v) is 4.41. The van der Waals surface area contributed by atoms with Gasteiger partial charge in [-0.1, -0.05) is 30.8 Å². The van der Waals surface area contributed by atoms with Gasteiger partial charge in [0.05, 0.1) is 0 Å². The number of carbonyl (C=O) groups is 2. The van der Waals surface area contributed by atoms with E-state index in [2.05, 4.69) is 36.2 Å². The highest BCUT2D eigenvalue weighted by Gasteiger charge is 2.29. The van der Waals surface area contributed by atoms with Crippen LogP contribution in [-0.4, -0.2) is 35.8 Å². The van der Waals surface area contributed by atoms with Crippen LogP contribution < -0.4 is 5.32 Å². The van der Waals surface area contributed by atoms with Crippen LogP contribution in [0, 0.1) is 5.92 Å². The molecular formula is C22H30N2O2. The van der Waals surface area contributed by atoms with Crippen molar-refractivity contribution in [3.63, 3.8) is 0 Å². The second kappa shape index (κ2) is 8.52. The van der Waals surface area contributed by atoms with Gasteiger partial charge in [0.1, 0.15) is 0 Å². The lowest BCUT2D eigenvalue weighted by Crippen LogP contribution is -2.44. The topological polar surface area (TPSA) is 49.4 Å². The maximum atomic E-state index is 12.8. The standard InChI is InChI=1S/C22H30N2O2/c1-3-21(25)23-19-10-12-20(13-11-19)24(2)22(26)15-16-8-9-17-6-4-5-7-18(17)14-16/h3-7,16,19-20H,1,8-15H2,2H3,(H,23,25). The number of nitrogens with zero attached hydrogens (tertiary/aromatic N) is 1. The van der Waals surface area contributed by atoms with Crippen molar-refractivity contribution >= 4 is 11.8 Å². The Morgan fingerprint density at radius 3 is 2.54 bits per heavy atom. The minimum atomic E-state index is -0.101. The molecule has 4 nitrogen and oxygen atoms in total. The number of rotatable bonds is 5. The van der Waals surface area contributed by atoms with Crippen LogP contribution in [0.5, 0.6) is 0 Å². The summed E-state index contributed by atoms with van der Waals surface area (Å²) in [7, 11) is 1.95. The Kier molecular flexibility index (Phi) is 6.12. The van der Waals surface area contributed by atoms with Crippen LogP contribution in [0.15, 0.2) is 36.9 Å². The fraction of sp³-hybridized carbons (Fsp3) is 0.545. The van der Waals surface area contributed by atoms with E-state index < -0.39 is 0 Å². The van der Waals surface area contributed by atoms with Crippen LogP contribution in [0.2, 0.25) is 0 Å². The zero-order valence-corrected chi connectivity index (χ0v) is 15.7. The predicted molar refractivity (Wildman–Crippen MR) is 104 cm³/mol. The molecule has 1 atom stereocenters. The van der Waals surface area contributed by atoms with E-state index in [0.717, 1.165) is 44.9 Å². The van der Waals surface area contributed by atoms with E-state index in [4.69, 9.17) is 0 Å². The van der Waals surface area contributed by atoms with E-state index >= 15 is 0 Å². The summed E-state index contributed by atoms with van der Waals surface area (Å²) < 4.78 is 0. The average Bonchev–Trinajstić information content (AvgIpc) is 2.67. The lowest BCUT2D eigenvalue weighted by atomic mass is 9.82. The molecule has 0 bridgehead atoms. The average molecular weight is 354 g/mol. The second-order valence-corrected chi connectivity index (χ2v) is 7.80. The van der Waals surface area contributed by atoms with Gasteiger partial charge in [-0.25, -0.2) is 0 Å². The van der Waals surface area contributed by atoms with Gasteiger partial charge >= 0.3 is 0 Å². The fourth-order valence-electron chi connectivity index (χ4n) is 4.41. The first-order chi connectivity index (χ1) is 12.6. The largest absolute Gasteiger partial charge is 0.350 e. The van der Waals surface area contributed by atoms with Crippen molar-refractivity contribution < 1.29 is 9.59 Å². The van der Waals surface area contributed by atoms with Crippen molar-refractivity contribution in [1.82, 2.24) is 10.2 Å². The molecular weight excluding hydrogens is 324 g/mol. The number of hydrogen-bond acceptors (Lipinski definition) is 2. The number of benzene rings is 1. The molecule has 3 rings (SSSR count). The molecule has 26 heavy (non-hydrogen) atoms. The monoisotopic (exact) mass is 354 g/mol. The van der Waals surface area contributed by atoms with Gasteiger partial charge in [0.2, 0.25) is 11.8 Å². The van der Waals surface area contributed by atoms with Gasteiger partial charge in [-0.15, -0.1) is 0 Å². The van der Waals surface area contributed by atoms with Crippen LogP contribution in [0.4, 0.5) is 0 Å². The van der Waals surface area contributed by atoms with Crippen LogP contribution >= 0.6 is 0 Å². The molecule has 1 saturated carbocycles. The first kappa shape index (κ1) is 18.7. The summed E-state index contributed by atoms with van der Waals surface area (Å²) in [5, 5.41) is 2.97. The minimum absolute atomic E-state index is 0.101. The third kappa shape index (κ3) is 4.54. The summed E-state index contributed by atoms with van der Waals surface area (Å²) in [5.41, 5.74) is 2.86. The Hall–Kier alpha value is -2.10. The Bertz CT molecular complexity index is 662. The van der Waals surface area contributed by atoms with E-state index in [0.29, 0.717) is 18.4 Å². The molecule has 1 unspecified atom stereocenters. The quantitative estimate of drug-likeness (QED) is 0.825. The molecule has 2 aliphatic carbocycles. The molecule has 0 aromatic heterocycles. The van der Waals surface area contributed by atoms with Gasteiger partial charge in [0, 0.05) is 25.6 Å². The number of hydrogen-bond donors (Lipinski definition) is 1. The van der Waals surface area contributed by atoms with Gasteiger partial charge in [-0.05, 0) is 68.1 Å². The molecule has 1 N–H and O–H groups in total. The summed E-state index contributed by atoms with van der Waals surface area (Å²) in [4.78, 5) is 26.2. The van der Waals surface area contributed by atoms with Crippen LogP contribution in [-0.2, 0) is 22.4 Å². The molecule has 2 aliphatic rings. The summed E-state index contributed by atoms with van der Waals surface area (Å²) in [6.07, 6.45) is 8.97. The summed E-state index contributed by atoms with van der Waals surface area (Å²) >= 11 is 0. The van der Waals surface area contributed by atoms with Crippen LogP contribution in [0.1, 0.15) is 49.7 Å². The molecule has 0 saturated heterocycles. The molecule has 2 amide bonds. The van der Waals surface area contributed by atoms with Gasteiger partial charge in [-0.2, -0.15) is 0 Å². The smallest absolute Gasteiger partial charge is 0.243 e. The Labute approximate surface area is 156 Å². The number of carbonyl (C=O) groups excluding carboxylic acids is 2. The minimum Gasteiger partial charge on any atom is -0.350 e. The highest BCUT2D eigenvalue weighted by molar-refractivity contribution is 5.87. The third-order valence-electron chi connectivity index (χ3n) is 6.08. The molecule has 0 radical (unpaired) electrons. The molecule has 1 fully saturated rings. The molecule has 0 spiro atoms. The number of fused-ring (bicyclic) bond motifs is 1. The lowest BCUT2D eigenvalue weighted by Gasteiger charge is -2.36. The van der Waals surface area contributed by atoms with E-state index in [-0.39, 0.29) is 17.9 Å². The van der Waals surface area contributed by atoms with E-state index in [1.54, 1.807) is 0 Å². The third-order valence-corrected chi connectivity index (χ3v) is 6.08. The molecule has 0 aliphatic heterocycles. The Morgan fingerprint density at radius 2 is 1.85 bits per heavy atom. The molecule has 0 heterocycles. The SMILES string of the molecule is C=CC(=O)NC1CCC(N(C)C(=O)CC2CCc3ccccc3C2)CC1.